The summed E-state index contributed by atoms with van der Waals surface area (Å²) in [5.41, 5.74) is 7.24. The summed E-state index contributed by atoms with van der Waals surface area (Å²) in [5, 5.41) is 0. The number of methoxy groups -OCH3 is 1. The molecule has 1 atom stereocenters. The minimum absolute atomic E-state index is 0.0896. The minimum Gasteiger partial charge on any atom is -0.463 e. The van der Waals surface area contributed by atoms with Crippen molar-refractivity contribution in [3.8, 4) is 0 Å². The second kappa shape index (κ2) is 5.24. The highest BCUT2D eigenvalue weighted by atomic mass is 19.1. The molecule has 2 aromatic rings. The minimum atomic E-state index is -0.561. The number of halogens is 1. The Morgan fingerprint density at radius 1 is 1.37 bits per heavy atom. The van der Waals surface area contributed by atoms with Gasteiger partial charge in [-0.05, 0) is 36.2 Å². The zero-order chi connectivity index (χ0) is 14.0. The van der Waals surface area contributed by atoms with Crippen LogP contribution in [0.2, 0.25) is 0 Å². The Kier molecular flexibility index (Phi) is 3.66. The Morgan fingerprint density at radius 2 is 2.11 bits per heavy atom. The van der Waals surface area contributed by atoms with Gasteiger partial charge in [-0.2, -0.15) is 0 Å². The van der Waals surface area contributed by atoms with Crippen molar-refractivity contribution in [1.82, 2.24) is 0 Å². The predicted molar refractivity (Wildman–Crippen MR) is 67.2 cm³/mol. The van der Waals surface area contributed by atoms with E-state index in [1.165, 1.54) is 19.2 Å². The molecule has 1 aromatic heterocycles. The molecule has 0 aliphatic carbocycles. The van der Waals surface area contributed by atoms with E-state index < -0.39 is 12.0 Å². The van der Waals surface area contributed by atoms with Crippen molar-refractivity contribution >= 4 is 5.97 Å². The molecule has 0 saturated carbocycles. The van der Waals surface area contributed by atoms with E-state index in [1.807, 2.05) is 0 Å². The number of hydrogen-bond acceptors (Lipinski definition) is 4. The van der Waals surface area contributed by atoms with E-state index in [2.05, 4.69) is 4.74 Å². The third-order valence-corrected chi connectivity index (χ3v) is 2.86. The number of carbonyl (C=O) groups excluding carboxylic acids is 1. The highest BCUT2D eigenvalue weighted by molar-refractivity contribution is 5.86. The van der Waals surface area contributed by atoms with Crippen molar-refractivity contribution < 1.29 is 18.3 Å². The second-order valence-corrected chi connectivity index (χ2v) is 4.18. The lowest BCUT2D eigenvalue weighted by Crippen LogP contribution is -2.11. The Balaban J connectivity index is 2.28. The summed E-state index contributed by atoms with van der Waals surface area (Å²) < 4.78 is 23.1. The molecule has 100 valence electrons. The smallest absolute Gasteiger partial charge is 0.373 e. The molecule has 2 rings (SSSR count). The summed E-state index contributed by atoms with van der Waals surface area (Å²) in [6.07, 6.45) is 0. The number of esters is 1. The van der Waals surface area contributed by atoms with Gasteiger partial charge in [0.25, 0.3) is 0 Å². The topological polar surface area (TPSA) is 65.5 Å². The molecule has 0 aliphatic rings. The van der Waals surface area contributed by atoms with Gasteiger partial charge in [0.1, 0.15) is 11.6 Å². The first-order valence-electron chi connectivity index (χ1n) is 5.72. The normalized spacial score (nSPS) is 12.2. The lowest BCUT2D eigenvalue weighted by molar-refractivity contribution is 0.0562. The average Bonchev–Trinajstić information content (AvgIpc) is 2.89. The Labute approximate surface area is 110 Å². The molecule has 19 heavy (non-hydrogen) atoms. The van der Waals surface area contributed by atoms with Crippen LogP contribution in [0.4, 0.5) is 4.39 Å². The van der Waals surface area contributed by atoms with Gasteiger partial charge in [-0.15, -0.1) is 0 Å². The third-order valence-electron chi connectivity index (χ3n) is 2.86. The molecule has 0 aliphatic heterocycles. The summed E-state index contributed by atoms with van der Waals surface area (Å²) in [6.45, 7) is 1.66. The molecule has 2 N–H and O–H groups in total. The first kappa shape index (κ1) is 13.3. The van der Waals surface area contributed by atoms with Gasteiger partial charge in [-0.3, -0.25) is 0 Å². The van der Waals surface area contributed by atoms with E-state index in [0.717, 1.165) is 0 Å². The molecule has 4 nitrogen and oxygen atoms in total. The van der Waals surface area contributed by atoms with Crippen LogP contribution in [0.3, 0.4) is 0 Å². The molecule has 1 aromatic carbocycles. The van der Waals surface area contributed by atoms with Gasteiger partial charge in [-0.1, -0.05) is 12.1 Å². The molecule has 0 bridgehead atoms. The van der Waals surface area contributed by atoms with Crippen LogP contribution in [-0.2, 0) is 4.74 Å². The fourth-order valence-electron chi connectivity index (χ4n) is 1.76. The molecule has 5 heteroatoms. The van der Waals surface area contributed by atoms with E-state index in [1.54, 1.807) is 25.1 Å². The fourth-order valence-corrected chi connectivity index (χ4v) is 1.76. The van der Waals surface area contributed by atoms with Crippen molar-refractivity contribution in [2.45, 2.75) is 13.0 Å². The summed E-state index contributed by atoms with van der Waals surface area (Å²) >= 11 is 0. The largest absolute Gasteiger partial charge is 0.463 e. The van der Waals surface area contributed by atoms with Crippen LogP contribution in [0.25, 0.3) is 0 Å². The van der Waals surface area contributed by atoms with Crippen molar-refractivity contribution in [3.05, 3.63) is 58.8 Å². The first-order valence-corrected chi connectivity index (χ1v) is 5.72. The van der Waals surface area contributed by atoms with Crippen molar-refractivity contribution in [3.63, 3.8) is 0 Å². The number of hydrogen-bond donors (Lipinski definition) is 1. The molecule has 1 unspecified atom stereocenters. The lowest BCUT2D eigenvalue weighted by Gasteiger charge is -2.10. The van der Waals surface area contributed by atoms with Crippen LogP contribution in [0.1, 0.15) is 33.5 Å². The first-order chi connectivity index (χ1) is 9.02. The number of nitrogens with two attached hydrogens (primary N) is 1. The fraction of sp³-hybridized carbons (Fsp3) is 0.214. The van der Waals surface area contributed by atoms with Gasteiger partial charge in [0, 0.05) is 0 Å². The van der Waals surface area contributed by atoms with Gasteiger partial charge >= 0.3 is 5.97 Å². The quantitative estimate of drug-likeness (QED) is 0.864. The van der Waals surface area contributed by atoms with E-state index in [4.69, 9.17) is 10.2 Å². The van der Waals surface area contributed by atoms with Crippen molar-refractivity contribution in [1.29, 1.82) is 0 Å². The van der Waals surface area contributed by atoms with Crippen LogP contribution >= 0.6 is 0 Å². The van der Waals surface area contributed by atoms with Gasteiger partial charge < -0.3 is 14.9 Å². The summed E-state index contributed by atoms with van der Waals surface area (Å²) in [7, 11) is 1.27. The summed E-state index contributed by atoms with van der Waals surface area (Å²) in [4.78, 5) is 11.3. The Bertz CT molecular complexity index is 606. The average molecular weight is 263 g/mol. The van der Waals surface area contributed by atoms with Crippen LogP contribution in [0, 0.1) is 12.7 Å². The summed E-state index contributed by atoms with van der Waals surface area (Å²) in [5.74, 6) is -0.336. The highest BCUT2D eigenvalue weighted by Gasteiger charge is 2.17. The lowest BCUT2D eigenvalue weighted by atomic mass is 10.0. The molecule has 0 amide bonds. The number of benzene rings is 1. The zero-order valence-corrected chi connectivity index (χ0v) is 10.6. The van der Waals surface area contributed by atoms with Crippen LogP contribution < -0.4 is 5.73 Å². The van der Waals surface area contributed by atoms with E-state index in [9.17, 15) is 9.18 Å². The predicted octanol–water partition coefficient (Wildman–Crippen LogP) is 2.56. The maximum Gasteiger partial charge on any atom is 0.373 e. The van der Waals surface area contributed by atoms with Crippen LogP contribution in [0.5, 0.6) is 0 Å². The number of furan rings is 1. The SMILES string of the molecule is COC(=O)c1ccc(C(N)c2ccc(F)c(C)c2)o1. The molecule has 0 spiro atoms. The molecular weight excluding hydrogens is 249 g/mol. The number of carbonyl (C=O) groups is 1. The monoisotopic (exact) mass is 263 g/mol. The van der Waals surface area contributed by atoms with Crippen molar-refractivity contribution in [2.75, 3.05) is 7.11 Å². The number of ether oxygens (including phenoxy) is 1. The molecule has 0 radical (unpaired) electrons. The zero-order valence-electron chi connectivity index (χ0n) is 10.6. The van der Waals surface area contributed by atoms with E-state index >= 15 is 0 Å². The molecule has 1 heterocycles. The van der Waals surface area contributed by atoms with E-state index in [-0.39, 0.29) is 11.6 Å². The van der Waals surface area contributed by atoms with Crippen LogP contribution in [-0.4, -0.2) is 13.1 Å². The maximum atomic E-state index is 13.2. The summed E-state index contributed by atoms with van der Waals surface area (Å²) in [6, 6.07) is 7.15. The maximum absolute atomic E-state index is 13.2. The van der Waals surface area contributed by atoms with Gasteiger partial charge in [0.15, 0.2) is 0 Å². The molecule has 0 fully saturated rings. The van der Waals surface area contributed by atoms with Gasteiger partial charge in [0.05, 0.1) is 13.2 Å². The molecule has 0 saturated heterocycles. The highest BCUT2D eigenvalue weighted by Crippen LogP contribution is 2.23. The molecular formula is C14H14FNO3. The number of aryl methyl sites for hydroxylation is 1. The second-order valence-electron chi connectivity index (χ2n) is 4.18. The number of rotatable bonds is 3. The third kappa shape index (κ3) is 2.66. The standard InChI is InChI=1S/C14H14FNO3/c1-8-7-9(3-4-10(8)15)13(16)11-5-6-12(19-11)14(17)18-2/h3-7,13H,16H2,1-2H3. The van der Waals surface area contributed by atoms with Gasteiger partial charge in [0.2, 0.25) is 5.76 Å². The van der Waals surface area contributed by atoms with Crippen LogP contribution in [0.15, 0.2) is 34.7 Å². The Hall–Kier alpha value is -2.14. The van der Waals surface area contributed by atoms with Crippen molar-refractivity contribution in [2.24, 2.45) is 5.73 Å². The van der Waals surface area contributed by atoms with Gasteiger partial charge in [-0.25, -0.2) is 9.18 Å². The Morgan fingerprint density at radius 3 is 2.74 bits per heavy atom. The van der Waals surface area contributed by atoms with E-state index in [0.29, 0.717) is 16.9 Å².